The summed E-state index contributed by atoms with van der Waals surface area (Å²) in [5, 5.41) is 4.92. The molecule has 6 heteroatoms. The first-order valence-corrected chi connectivity index (χ1v) is 9.57. The molecule has 2 aromatic rings. The highest BCUT2D eigenvalue weighted by Gasteiger charge is 2.09. The third kappa shape index (κ3) is 5.25. The number of anilines is 2. The van der Waals surface area contributed by atoms with E-state index in [0.29, 0.717) is 11.8 Å². The monoisotopic (exact) mass is 349 g/mol. The van der Waals surface area contributed by atoms with Crippen molar-refractivity contribution in [1.82, 2.24) is 4.98 Å². The fourth-order valence-electron chi connectivity index (χ4n) is 2.31. The lowest BCUT2D eigenvalue weighted by Gasteiger charge is -2.27. The number of carbonyl (C=O) groups excluding carboxylic acids is 1. The maximum absolute atomic E-state index is 12.0. The largest absolute Gasteiger partial charge is 0.369 e. The van der Waals surface area contributed by atoms with E-state index in [-0.39, 0.29) is 5.91 Å². The molecular weight excluding hydrogens is 326 g/mol. The molecule has 1 N–H and O–H groups in total. The van der Waals surface area contributed by atoms with Gasteiger partial charge < -0.3 is 10.2 Å². The van der Waals surface area contributed by atoms with Gasteiger partial charge in [0.25, 0.3) is 0 Å². The Labute approximate surface area is 146 Å². The first-order chi connectivity index (χ1) is 11.0. The van der Waals surface area contributed by atoms with Crippen LogP contribution in [0, 0.1) is 6.92 Å². The number of nitrogens with one attached hydrogen (secondary N) is 1. The zero-order chi connectivity index (χ0) is 16.8. The van der Waals surface area contributed by atoms with E-state index in [1.165, 1.54) is 17.4 Å². The summed E-state index contributed by atoms with van der Waals surface area (Å²) >= 11 is 3.05. The molecule has 2 rings (SSSR count). The summed E-state index contributed by atoms with van der Waals surface area (Å²) in [7, 11) is 0. The summed E-state index contributed by atoms with van der Waals surface area (Å²) in [6, 6.07) is 8.47. The van der Waals surface area contributed by atoms with Gasteiger partial charge in [-0.2, -0.15) is 0 Å². The maximum Gasteiger partial charge on any atom is 0.234 e. The Hall–Kier alpha value is -1.53. The Morgan fingerprint density at radius 2 is 2.04 bits per heavy atom. The highest BCUT2D eigenvalue weighted by molar-refractivity contribution is 8.01. The van der Waals surface area contributed by atoms with Gasteiger partial charge in [-0.1, -0.05) is 11.8 Å². The summed E-state index contributed by atoms with van der Waals surface area (Å²) in [4.78, 5) is 18.7. The van der Waals surface area contributed by atoms with Crippen molar-refractivity contribution < 1.29 is 4.79 Å². The number of aromatic nitrogens is 1. The van der Waals surface area contributed by atoms with Gasteiger partial charge in [-0.15, -0.1) is 11.3 Å². The van der Waals surface area contributed by atoms with E-state index >= 15 is 0 Å². The van der Waals surface area contributed by atoms with Gasteiger partial charge in [0.2, 0.25) is 5.91 Å². The van der Waals surface area contributed by atoms with Crippen LogP contribution in [0.5, 0.6) is 0 Å². The number of amides is 1. The summed E-state index contributed by atoms with van der Waals surface area (Å²) < 4.78 is 0.934. The van der Waals surface area contributed by atoms with Gasteiger partial charge in [0.15, 0.2) is 4.34 Å². The van der Waals surface area contributed by atoms with E-state index in [0.717, 1.165) is 22.3 Å². The standard InChI is InChI=1S/C17H23N3OS2/c1-5-20(12(2)3)15-8-6-14(7-9-15)19-16(21)11-23-17-18-13(4)10-22-17/h6-10,12H,5,11H2,1-4H3,(H,19,21). The second-order valence-corrected chi connectivity index (χ2v) is 7.60. The molecule has 23 heavy (non-hydrogen) atoms. The summed E-state index contributed by atoms with van der Waals surface area (Å²) in [5.41, 5.74) is 3.00. The predicted octanol–water partition coefficient (Wildman–Crippen LogP) is 4.42. The molecule has 0 aliphatic carbocycles. The molecule has 0 aliphatic heterocycles. The molecule has 1 aromatic heterocycles. The van der Waals surface area contributed by atoms with Crippen molar-refractivity contribution in [2.45, 2.75) is 38.1 Å². The minimum Gasteiger partial charge on any atom is -0.369 e. The van der Waals surface area contributed by atoms with E-state index < -0.39 is 0 Å². The molecule has 1 aromatic carbocycles. The van der Waals surface area contributed by atoms with Gasteiger partial charge in [0, 0.05) is 35.0 Å². The van der Waals surface area contributed by atoms with Crippen LogP contribution < -0.4 is 10.2 Å². The fourth-order valence-corrected chi connectivity index (χ4v) is 3.95. The molecule has 0 atom stereocenters. The quantitative estimate of drug-likeness (QED) is 0.752. The number of hydrogen-bond acceptors (Lipinski definition) is 5. The third-order valence-electron chi connectivity index (χ3n) is 3.37. The van der Waals surface area contributed by atoms with E-state index in [2.05, 4.69) is 48.1 Å². The third-order valence-corrected chi connectivity index (χ3v) is 5.51. The molecule has 0 radical (unpaired) electrons. The van der Waals surface area contributed by atoms with Crippen LogP contribution in [0.1, 0.15) is 26.5 Å². The van der Waals surface area contributed by atoms with Crippen molar-refractivity contribution in [3.8, 4) is 0 Å². The first-order valence-electron chi connectivity index (χ1n) is 7.71. The minimum atomic E-state index is -0.00758. The highest BCUT2D eigenvalue weighted by Crippen LogP contribution is 2.23. The van der Waals surface area contributed by atoms with Crippen molar-refractivity contribution in [3.05, 3.63) is 35.3 Å². The van der Waals surface area contributed by atoms with Gasteiger partial charge >= 0.3 is 0 Å². The Bertz CT molecular complexity index is 638. The summed E-state index contributed by atoms with van der Waals surface area (Å²) in [6.45, 7) is 9.42. The normalized spacial score (nSPS) is 10.8. The molecule has 124 valence electrons. The average Bonchev–Trinajstić information content (AvgIpc) is 2.93. The fraction of sp³-hybridized carbons (Fsp3) is 0.412. The molecule has 0 bridgehead atoms. The van der Waals surface area contributed by atoms with Gasteiger partial charge in [-0.3, -0.25) is 4.79 Å². The van der Waals surface area contributed by atoms with E-state index in [9.17, 15) is 4.79 Å². The number of rotatable bonds is 7. The topological polar surface area (TPSA) is 45.2 Å². The van der Waals surface area contributed by atoms with Crippen LogP contribution in [0.15, 0.2) is 34.0 Å². The minimum absolute atomic E-state index is 0.00758. The lowest BCUT2D eigenvalue weighted by Crippen LogP contribution is -2.30. The zero-order valence-corrected chi connectivity index (χ0v) is 15.6. The highest BCUT2D eigenvalue weighted by atomic mass is 32.2. The Kier molecular flexibility index (Phi) is 6.47. The maximum atomic E-state index is 12.0. The van der Waals surface area contributed by atoms with Crippen LogP contribution in [0.3, 0.4) is 0 Å². The van der Waals surface area contributed by atoms with Gasteiger partial charge in [-0.25, -0.2) is 4.98 Å². The molecule has 0 fully saturated rings. The van der Waals surface area contributed by atoms with Crippen LogP contribution in [-0.4, -0.2) is 29.2 Å². The van der Waals surface area contributed by atoms with Crippen LogP contribution in [-0.2, 0) is 4.79 Å². The van der Waals surface area contributed by atoms with Gasteiger partial charge in [-0.05, 0) is 52.0 Å². The summed E-state index contributed by atoms with van der Waals surface area (Å²) in [6.07, 6.45) is 0. The predicted molar refractivity (Wildman–Crippen MR) is 101 cm³/mol. The molecule has 1 amide bonds. The summed E-state index contributed by atoms with van der Waals surface area (Å²) in [5.74, 6) is 0.369. The first kappa shape index (κ1) is 17.8. The Morgan fingerprint density at radius 3 is 2.57 bits per heavy atom. The van der Waals surface area contributed by atoms with Crippen LogP contribution in [0.2, 0.25) is 0 Å². The molecular formula is C17H23N3OS2. The van der Waals surface area contributed by atoms with E-state index in [4.69, 9.17) is 0 Å². The van der Waals surface area contributed by atoms with E-state index in [1.807, 2.05) is 24.4 Å². The van der Waals surface area contributed by atoms with Gasteiger partial charge in [0.1, 0.15) is 0 Å². The molecule has 0 spiro atoms. The van der Waals surface area contributed by atoms with Gasteiger partial charge in [0.05, 0.1) is 5.75 Å². The molecule has 1 heterocycles. The molecule has 0 saturated heterocycles. The molecule has 4 nitrogen and oxygen atoms in total. The second-order valence-electron chi connectivity index (χ2n) is 5.52. The Morgan fingerprint density at radius 1 is 1.35 bits per heavy atom. The van der Waals surface area contributed by atoms with Crippen molar-refractivity contribution in [3.63, 3.8) is 0 Å². The van der Waals surface area contributed by atoms with Crippen LogP contribution in [0.4, 0.5) is 11.4 Å². The number of nitrogens with zero attached hydrogens (tertiary/aromatic N) is 2. The second kappa shape index (κ2) is 8.36. The number of carbonyl (C=O) groups is 1. The zero-order valence-electron chi connectivity index (χ0n) is 14.0. The number of hydrogen-bond donors (Lipinski definition) is 1. The van der Waals surface area contributed by atoms with Crippen molar-refractivity contribution in [1.29, 1.82) is 0 Å². The number of benzene rings is 1. The molecule has 0 aliphatic rings. The van der Waals surface area contributed by atoms with Crippen LogP contribution >= 0.6 is 23.1 Å². The number of thiazole rings is 1. The average molecular weight is 350 g/mol. The smallest absolute Gasteiger partial charge is 0.234 e. The van der Waals surface area contributed by atoms with Crippen LogP contribution in [0.25, 0.3) is 0 Å². The molecule has 0 unspecified atom stereocenters. The SMILES string of the molecule is CCN(c1ccc(NC(=O)CSc2nc(C)cs2)cc1)C(C)C. The lowest BCUT2D eigenvalue weighted by atomic mass is 10.2. The van der Waals surface area contributed by atoms with E-state index in [1.54, 1.807) is 11.3 Å². The molecule has 0 saturated carbocycles. The van der Waals surface area contributed by atoms with Crippen molar-refractivity contribution in [2.75, 3.05) is 22.5 Å². The van der Waals surface area contributed by atoms with Crippen molar-refractivity contribution >= 4 is 40.4 Å². The number of aryl methyl sites for hydroxylation is 1. The Balaban J connectivity index is 1.88. The number of thioether (sulfide) groups is 1. The lowest BCUT2D eigenvalue weighted by molar-refractivity contribution is -0.113. The van der Waals surface area contributed by atoms with Crippen molar-refractivity contribution in [2.24, 2.45) is 0 Å².